The van der Waals surface area contributed by atoms with Crippen LogP contribution in [0.5, 0.6) is 0 Å². The zero-order valence-corrected chi connectivity index (χ0v) is 32.1. The van der Waals surface area contributed by atoms with E-state index in [0.29, 0.717) is 56.7 Å². The molecular weight excluding hydrogens is 696 g/mol. The van der Waals surface area contributed by atoms with Crippen molar-refractivity contribution < 1.29 is 43.3 Å². The lowest BCUT2D eigenvalue weighted by molar-refractivity contribution is -0.208. The second-order valence-electron chi connectivity index (χ2n) is 16.8. The van der Waals surface area contributed by atoms with Crippen LogP contribution in [0.1, 0.15) is 135 Å². The van der Waals surface area contributed by atoms with E-state index in [2.05, 4.69) is 24.2 Å². The molecule has 0 aromatic carbocycles. The number of fused-ring (bicyclic) bond motifs is 5. The smallest absolute Gasteiger partial charge is 0.335 e. The highest BCUT2D eigenvalue weighted by Crippen LogP contribution is 2.71. The highest BCUT2D eigenvalue weighted by molar-refractivity contribution is 5.83. The molecule has 4 fully saturated rings. The van der Waals surface area contributed by atoms with Crippen LogP contribution in [0.2, 0.25) is 0 Å². The summed E-state index contributed by atoms with van der Waals surface area (Å²) in [5.74, 6) is -1.46. The van der Waals surface area contributed by atoms with Gasteiger partial charge in [-0.15, -0.1) is 0 Å². The van der Waals surface area contributed by atoms with E-state index in [0.717, 1.165) is 51.4 Å². The Morgan fingerprint density at radius 2 is 1.72 bits per heavy atom. The van der Waals surface area contributed by atoms with Crippen LogP contribution in [-0.4, -0.2) is 70.4 Å². The molecule has 1 aromatic heterocycles. The number of carbonyl (C=O) groups is 4. The summed E-state index contributed by atoms with van der Waals surface area (Å²) in [6.07, 6.45) is 9.30. The van der Waals surface area contributed by atoms with Gasteiger partial charge in [-0.25, -0.2) is 9.59 Å². The first-order valence-corrected chi connectivity index (χ1v) is 19.8. The molecule has 4 aliphatic carbocycles. The predicted octanol–water partition coefficient (Wildman–Crippen LogP) is 4.30. The zero-order chi connectivity index (χ0) is 39.3. The van der Waals surface area contributed by atoms with Gasteiger partial charge in [-0.05, 0) is 99.9 Å². The number of esters is 2. The van der Waals surface area contributed by atoms with Gasteiger partial charge >= 0.3 is 23.5 Å². The van der Waals surface area contributed by atoms with Crippen molar-refractivity contribution in [1.29, 1.82) is 0 Å². The number of aliphatic carboxylic acids is 1. The van der Waals surface area contributed by atoms with Crippen LogP contribution in [0.3, 0.4) is 0 Å². The molecule has 4 saturated carbocycles. The Kier molecular flexibility index (Phi) is 13.2. The number of carboxylic acid groups (broad SMARTS) is 1. The summed E-state index contributed by atoms with van der Waals surface area (Å²) >= 11 is 0. The van der Waals surface area contributed by atoms with Gasteiger partial charge in [0.25, 0.3) is 0 Å². The van der Waals surface area contributed by atoms with Crippen molar-refractivity contribution in [2.75, 3.05) is 6.54 Å². The van der Waals surface area contributed by atoms with Crippen molar-refractivity contribution in [3.8, 4) is 0 Å². The van der Waals surface area contributed by atoms with Gasteiger partial charge in [0.1, 0.15) is 24.0 Å². The first-order valence-electron chi connectivity index (χ1n) is 19.8. The van der Waals surface area contributed by atoms with E-state index in [1.54, 1.807) is 12.1 Å². The molecule has 0 aliphatic heterocycles. The number of nitrogens with two attached hydrogens (primary N) is 2. The number of aliphatic hydroxyl groups is 1. The minimum absolute atomic E-state index is 0.00161. The molecule has 54 heavy (non-hydrogen) atoms. The van der Waals surface area contributed by atoms with E-state index < -0.39 is 46.6 Å². The van der Waals surface area contributed by atoms with Gasteiger partial charge in [-0.2, -0.15) is 0 Å². The van der Waals surface area contributed by atoms with Crippen LogP contribution in [0.15, 0.2) is 32.4 Å². The summed E-state index contributed by atoms with van der Waals surface area (Å²) in [5.41, 5.74) is 8.33. The number of rotatable bonds is 16. The molecular formula is C40H60N4O10. The van der Waals surface area contributed by atoms with Crippen molar-refractivity contribution in [2.45, 2.75) is 153 Å². The van der Waals surface area contributed by atoms with Crippen molar-refractivity contribution >= 4 is 29.8 Å². The summed E-state index contributed by atoms with van der Waals surface area (Å²) in [5, 5.41) is 24.7. The maximum atomic E-state index is 12.9. The molecule has 300 valence electrons. The molecule has 14 nitrogen and oxygen atoms in total. The predicted molar refractivity (Wildman–Crippen MR) is 199 cm³/mol. The van der Waals surface area contributed by atoms with Crippen LogP contribution in [0.25, 0.3) is 0 Å². The zero-order valence-electron chi connectivity index (χ0n) is 32.1. The summed E-state index contributed by atoms with van der Waals surface area (Å²) in [4.78, 5) is 65.0. The first kappa shape index (κ1) is 41.2. The van der Waals surface area contributed by atoms with Crippen LogP contribution >= 0.6 is 0 Å². The Balaban J connectivity index is 1.07. The van der Waals surface area contributed by atoms with Crippen molar-refractivity contribution in [3.63, 3.8) is 0 Å². The quantitative estimate of drug-likeness (QED) is 0.0688. The lowest BCUT2D eigenvalue weighted by Gasteiger charge is -2.63. The van der Waals surface area contributed by atoms with Gasteiger partial charge in [0.05, 0.1) is 11.5 Å². The number of guanidine groups is 1. The molecule has 10 atom stereocenters. The fourth-order valence-corrected chi connectivity index (χ4v) is 10.9. The molecule has 0 bridgehead atoms. The van der Waals surface area contributed by atoms with Crippen LogP contribution in [-0.2, 0) is 28.7 Å². The second kappa shape index (κ2) is 17.2. The maximum Gasteiger partial charge on any atom is 0.335 e. The standard InChI is InChI=1S/C40H60N4O10/c1-24(45)52-31-23-40(51)28-16-15-25-22-26(17-19-38(25,2)27(28)18-20-39(40,3)35(31)30-11-8-14-34(48)54-30)53-33(47)13-7-5-4-6-12-32(46)44-29(36(49)50)10-9-21-43-37(41)42/h8,11,14,25-29,31,35,51H,4-7,9-10,12-13,15-23H2,1-3H3,(H,44,46)(H,49,50)(H4,41,42,43). The number of hydrogen-bond acceptors (Lipinski definition) is 10. The second-order valence-corrected chi connectivity index (χ2v) is 16.8. The number of amides is 1. The lowest BCUT2D eigenvalue weighted by atomic mass is 9.43. The highest BCUT2D eigenvalue weighted by atomic mass is 16.5. The SMILES string of the molecule is CC(=O)OC1CC2(O)C3CCC4CC(OC(=O)CCCCCCC(=O)NC(CCCN=C(N)N)C(=O)O)CCC4(C)C3CCC2(C)C1c1cccc(=O)o1. The number of aliphatic imine (C=N–C) groups is 1. The van der Waals surface area contributed by atoms with Crippen LogP contribution < -0.4 is 22.4 Å². The fourth-order valence-electron chi connectivity index (χ4n) is 10.9. The molecule has 0 saturated heterocycles. The molecule has 10 unspecified atom stereocenters. The summed E-state index contributed by atoms with van der Waals surface area (Å²) in [7, 11) is 0. The largest absolute Gasteiger partial charge is 0.480 e. The Hall–Kier alpha value is -3.94. The minimum Gasteiger partial charge on any atom is -0.480 e. The molecule has 1 heterocycles. The molecule has 7 N–H and O–H groups in total. The Morgan fingerprint density at radius 1 is 0.981 bits per heavy atom. The average Bonchev–Trinajstić information content (AvgIpc) is 3.32. The number of hydrogen-bond donors (Lipinski definition) is 5. The topological polar surface area (TPSA) is 234 Å². The van der Waals surface area contributed by atoms with E-state index in [1.165, 1.54) is 13.0 Å². The van der Waals surface area contributed by atoms with E-state index in [4.69, 9.17) is 25.4 Å². The van der Waals surface area contributed by atoms with E-state index >= 15 is 0 Å². The van der Waals surface area contributed by atoms with Gasteiger partial charge < -0.3 is 40.9 Å². The molecule has 1 amide bonds. The van der Waals surface area contributed by atoms with E-state index in [9.17, 15) is 34.2 Å². The molecule has 14 heteroatoms. The maximum absolute atomic E-state index is 12.9. The number of nitrogens with one attached hydrogen (secondary N) is 1. The van der Waals surface area contributed by atoms with Gasteiger partial charge in [0, 0.05) is 44.2 Å². The van der Waals surface area contributed by atoms with Gasteiger partial charge in [-0.3, -0.25) is 19.4 Å². The van der Waals surface area contributed by atoms with Gasteiger partial charge in [0.15, 0.2) is 5.96 Å². The third-order valence-corrected chi connectivity index (χ3v) is 13.5. The van der Waals surface area contributed by atoms with Crippen LogP contribution in [0, 0.1) is 28.6 Å². The van der Waals surface area contributed by atoms with Crippen LogP contribution in [0.4, 0.5) is 0 Å². The van der Waals surface area contributed by atoms with Crippen molar-refractivity contribution in [2.24, 2.45) is 45.0 Å². The summed E-state index contributed by atoms with van der Waals surface area (Å²) < 4.78 is 17.5. The summed E-state index contributed by atoms with van der Waals surface area (Å²) in [6.45, 7) is 6.09. The minimum atomic E-state index is -1.10. The highest BCUT2D eigenvalue weighted by Gasteiger charge is 2.71. The third kappa shape index (κ3) is 8.95. The number of carbonyl (C=O) groups excluding carboxylic acids is 3. The third-order valence-electron chi connectivity index (χ3n) is 13.5. The Labute approximate surface area is 317 Å². The first-order chi connectivity index (χ1) is 25.6. The molecule has 0 spiro atoms. The molecule has 5 rings (SSSR count). The molecule has 4 aliphatic rings. The number of ether oxygens (including phenoxy) is 2. The monoisotopic (exact) mass is 756 g/mol. The van der Waals surface area contributed by atoms with Gasteiger partial charge in [0.2, 0.25) is 5.91 Å². The van der Waals surface area contributed by atoms with Crippen molar-refractivity contribution in [3.05, 3.63) is 34.4 Å². The average molecular weight is 757 g/mol. The van der Waals surface area contributed by atoms with E-state index in [-0.39, 0.29) is 54.0 Å². The normalized spacial score (nSPS) is 33.3. The van der Waals surface area contributed by atoms with Crippen molar-refractivity contribution in [1.82, 2.24) is 5.32 Å². The Morgan fingerprint density at radius 3 is 2.41 bits per heavy atom. The molecule has 0 radical (unpaired) electrons. The molecule has 1 aromatic rings. The van der Waals surface area contributed by atoms with E-state index in [1.807, 2.05) is 0 Å². The van der Waals surface area contributed by atoms with Gasteiger partial charge in [-0.1, -0.05) is 32.8 Å². The summed E-state index contributed by atoms with van der Waals surface area (Å²) in [6, 6.07) is 3.78. The fraction of sp³-hybridized carbons (Fsp3) is 0.750. The lowest BCUT2D eigenvalue weighted by Crippen LogP contribution is -2.62. The number of nitrogens with zero attached hydrogens (tertiary/aromatic N) is 1. The number of unbranched alkanes of at least 4 members (excludes halogenated alkanes) is 3. The number of carboxylic acids is 1. The Bertz CT molecular complexity index is 1610.